The summed E-state index contributed by atoms with van der Waals surface area (Å²) in [4.78, 5) is 29.2. The molecule has 1 heterocycles. The van der Waals surface area contributed by atoms with Crippen LogP contribution in [0.1, 0.15) is 21.5 Å². The first-order valence-corrected chi connectivity index (χ1v) is 11.2. The molecule has 0 spiro atoms. The van der Waals surface area contributed by atoms with Crippen LogP contribution in [0.25, 0.3) is 0 Å². The number of hydrogen-bond acceptors (Lipinski definition) is 4. The largest absolute Gasteiger partial charge is 0.483 e. The molecule has 0 saturated carbocycles. The molecule has 0 aliphatic carbocycles. The fraction of sp³-hybridized carbons (Fsp3) is 0.259. The maximum absolute atomic E-state index is 12.8. The van der Waals surface area contributed by atoms with Crippen LogP contribution in [-0.4, -0.2) is 49.5 Å². The highest BCUT2D eigenvalue weighted by molar-refractivity contribution is 5.95. The van der Waals surface area contributed by atoms with Crippen LogP contribution < -0.4 is 15.0 Å². The third kappa shape index (κ3) is 5.52. The monoisotopic (exact) mass is 443 g/mol. The third-order valence-corrected chi connectivity index (χ3v) is 5.91. The van der Waals surface area contributed by atoms with E-state index in [2.05, 4.69) is 10.2 Å². The molecule has 4 rings (SSSR count). The van der Waals surface area contributed by atoms with Gasteiger partial charge in [-0.05, 0) is 61.4 Å². The Balaban J connectivity index is 1.27. The summed E-state index contributed by atoms with van der Waals surface area (Å²) in [5.41, 5.74) is 4.58. The molecular weight excluding hydrogens is 414 g/mol. The summed E-state index contributed by atoms with van der Waals surface area (Å²) < 4.78 is 5.61. The number of piperazine rings is 1. The van der Waals surface area contributed by atoms with Gasteiger partial charge in [-0.3, -0.25) is 9.59 Å². The number of rotatable bonds is 6. The fourth-order valence-corrected chi connectivity index (χ4v) is 3.97. The summed E-state index contributed by atoms with van der Waals surface area (Å²) >= 11 is 0. The summed E-state index contributed by atoms with van der Waals surface area (Å²) in [5.74, 6) is 0.608. The van der Waals surface area contributed by atoms with E-state index in [1.165, 1.54) is 0 Å². The van der Waals surface area contributed by atoms with Crippen LogP contribution in [-0.2, 0) is 4.79 Å². The van der Waals surface area contributed by atoms with Crippen molar-refractivity contribution >= 4 is 23.2 Å². The minimum Gasteiger partial charge on any atom is -0.483 e. The Morgan fingerprint density at radius 1 is 0.818 bits per heavy atom. The quantitative estimate of drug-likeness (QED) is 0.618. The van der Waals surface area contributed by atoms with Crippen molar-refractivity contribution in [2.75, 3.05) is 43.0 Å². The SMILES string of the molecule is Cc1ccccc1OCC(=O)Nc1ccc(N2CCN(C(=O)c3ccccc3C)CC2)cc1. The Labute approximate surface area is 194 Å². The van der Waals surface area contributed by atoms with Crippen LogP contribution in [0.2, 0.25) is 0 Å². The molecule has 1 N–H and O–H groups in total. The van der Waals surface area contributed by atoms with E-state index in [4.69, 9.17) is 4.74 Å². The van der Waals surface area contributed by atoms with Gasteiger partial charge in [-0.2, -0.15) is 0 Å². The summed E-state index contributed by atoms with van der Waals surface area (Å²) in [7, 11) is 0. The van der Waals surface area contributed by atoms with Gasteiger partial charge in [0.1, 0.15) is 5.75 Å². The highest BCUT2D eigenvalue weighted by Crippen LogP contribution is 2.21. The molecule has 3 aromatic carbocycles. The van der Waals surface area contributed by atoms with Crippen LogP contribution in [0.5, 0.6) is 5.75 Å². The molecular formula is C27H29N3O3. The molecule has 0 bridgehead atoms. The van der Waals surface area contributed by atoms with Crippen molar-refractivity contribution in [3.05, 3.63) is 89.5 Å². The number of para-hydroxylation sites is 1. The predicted octanol–water partition coefficient (Wildman–Crippen LogP) is 4.28. The van der Waals surface area contributed by atoms with Gasteiger partial charge in [0.2, 0.25) is 0 Å². The van der Waals surface area contributed by atoms with Gasteiger partial charge in [-0.15, -0.1) is 0 Å². The third-order valence-electron chi connectivity index (χ3n) is 5.91. The van der Waals surface area contributed by atoms with Gasteiger partial charge in [0, 0.05) is 43.1 Å². The van der Waals surface area contributed by atoms with E-state index in [1.54, 1.807) is 0 Å². The topological polar surface area (TPSA) is 61.9 Å². The Hall–Kier alpha value is -3.80. The summed E-state index contributed by atoms with van der Waals surface area (Å²) in [6, 6.07) is 23.1. The number of carbonyl (C=O) groups excluding carboxylic acids is 2. The van der Waals surface area contributed by atoms with Crippen LogP contribution in [0.4, 0.5) is 11.4 Å². The van der Waals surface area contributed by atoms with Crippen molar-refractivity contribution in [2.24, 2.45) is 0 Å². The van der Waals surface area contributed by atoms with E-state index in [0.29, 0.717) is 18.8 Å². The van der Waals surface area contributed by atoms with Crippen molar-refractivity contribution in [3.63, 3.8) is 0 Å². The molecule has 6 nitrogen and oxygen atoms in total. The molecule has 6 heteroatoms. The molecule has 3 aromatic rings. The van der Waals surface area contributed by atoms with Gasteiger partial charge in [0.25, 0.3) is 11.8 Å². The molecule has 2 amide bonds. The molecule has 0 unspecified atom stereocenters. The number of amides is 2. The van der Waals surface area contributed by atoms with Gasteiger partial charge < -0.3 is 19.9 Å². The maximum Gasteiger partial charge on any atom is 0.262 e. The van der Waals surface area contributed by atoms with Crippen LogP contribution in [0.3, 0.4) is 0 Å². The standard InChI is InChI=1S/C27H29N3O3/c1-20-7-3-5-9-24(20)27(32)30-17-15-29(16-18-30)23-13-11-22(12-14-23)28-26(31)19-33-25-10-6-4-8-21(25)2/h3-14H,15-19H2,1-2H3,(H,28,31). The van der Waals surface area contributed by atoms with Gasteiger partial charge >= 0.3 is 0 Å². The molecule has 0 aromatic heterocycles. The number of carbonyl (C=O) groups is 2. The lowest BCUT2D eigenvalue weighted by atomic mass is 10.1. The zero-order chi connectivity index (χ0) is 23.2. The smallest absolute Gasteiger partial charge is 0.262 e. The number of anilines is 2. The molecule has 170 valence electrons. The van der Waals surface area contributed by atoms with Crippen molar-refractivity contribution in [1.29, 1.82) is 0 Å². The molecule has 1 fully saturated rings. The Bertz CT molecular complexity index is 1120. The number of aryl methyl sites for hydroxylation is 2. The van der Waals surface area contributed by atoms with E-state index in [0.717, 1.165) is 41.2 Å². The van der Waals surface area contributed by atoms with E-state index in [-0.39, 0.29) is 18.4 Å². The zero-order valence-electron chi connectivity index (χ0n) is 19.1. The van der Waals surface area contributed by atoms with Crippen molar-refractivity contribution < 1.29 is 14.3 Å². The molecule has 0 atom stereocenters. The minimum atomic E-state index is -0.200. The molecule has 0 radical (unpaired) electrons. The van der Waals surface area contributed by atoms with Gasteiger partial charge in [-0.25, -0.2) is 0 Å². The lowest BCUT2D eigenvalue weighted by Gasteiger charge is -2.36. The average Bonchev–Trinajstić information content (AvgIpc) is 2.84. The molecule has 1 aliphatic rings. The van der Waals surface area contributed by atoms with Gasteiger partial charge in [-0.1, -0.05) is 36.4 Å². The first-order chi connectivity index (χ1) is 16.0. The average molecular weight is 444 g/mol. The number of hydrogen-bond donors (Lipinski definition) is 1. The van der Waals surface area contributed by atoms with Gasteiger partial charge in [0.05, 0.1) is 0 Å². The van der Waals surface area contributed by atoms with E-state index < -0.39 is 0 Å². The molecule has 1 saturated heterocycles. The fourth-order valence-electron chi connectivity index (χ4n) is 3.97. The molecule has 33 heavy (non-hydrogen) atoms. The maximum atomic E-state index is 12.8. The van der Waals surface area contributed by atoms with Crippen molar-refractivity contribution in [3.8, 4) is 5.75 Å². The Morgan fingerprint density at radius 2 is 1.45 bits per heavy atom. The van der Waals surface area contributed by atoms with Crippen LogP contribution in [0, 0.1) is 13.8 Å². The van der Waals surface area contributed by atoms with E-state index in [9.17, 15) is 9.59 Å². The van der Waals surface area contributed by atoms with Crippen LogP contribution in [0.15, 0.2) is 72.8 Å². The Morgan fingerprint density at radius 3 is 2.12 bits per heavy atom. The second kappa shape index (κ2) is 10.2. The number of ether oxygens (including phenoxy) is 1. The zero-order valence-corrected chi connectivity index (χ0v) is 19.1. The second-order valence-corrected chi connectivity index (χ2v) is 8.24. The number of nitrogens with zero attached hydrogens (tertiary/aromatic N) is 2. The van der Waals surface area contributed by atoms with Crippen molar-refractivity contribution in [2.45, 2.75) is 13.8 Å². The number of benzene rings is 3. The first-order valence-electron chi connectivity index (χ1n) is 11.2. The summed E-state index contributed by atoms with van der Waals surface area (Å²) in [6.07, 6.45) is 0. The lowest BCUT2D eigenvalue weighted by Crippen LogP contribution is -2.48. The van der Waals surface area contributed by atoms with Crippen molar-refractivity contribution in [1.82, 2.24) is 4.90 Å². The van der Waals surface area contributed by atoms with Gasteiger partial charge in [0.15, 0.2) is 6.61 Å². The highest BCUT2D eigenvalue weighted by Gasteiger charge is 2.23. The first kappa shape index (κ1) is 22.4. The van der Waals surface area contributed by atoms with Crippen LogP contribution >= 0.6 is 0 Å². The summed E-state index contributed by atoms with van der Waals surface area (Å²) in [5, 5.41) is 2.87. The summed E-state index contributed by atoms with van der Waals surface area (Å²) in [6.45, 7) is 6.79. The highest BCUT2D eigenvalue weighted by atomic mass is 16.5. The van der Waals surface area contributed by atoms with E-state index >= 15 is 0 Å². The minimum absolute atomic E-state index is 0.0382. The predicted molar refractivity (Wildman–Crippen MR) is 131 cm³/mol. The van der Waals surface area contributed by atoms with E-state index in [1.807, 2.05) is 91.5 Å². The number of nitrogens with one attached hydrogen (secondary N) is 1. The lowest BCUT2D eigenvalue weighted by molar-refractivity contribution is -0.118. The second-order valence-electron chi connectivity index (χ2n) is 8.24. The Kier molecular flexibility index (Phi) is 6.93. The molecule has 1 aliphatic heterocycles. The normalized spacial score (nSPS) is 13.5.